The summed E-state index contributed by atoms with van der Waals surface area (Å²) < 4.78 is 5.73. The molecule has 2 aromatic rings. The van der Waals surface area contributed by atoms with Crippen molar-refractivity contribution in [3.05, 3.63) is 45.9 Å². The van der Waals surface area contributed by atoms with Crippen LogP contribution in [0.3, 0.4) is 0 Å². The van der Waals surface area contributed by atoms with E-state index in [1.165, 1.54) is 18.2 Å². The number of halogens is 2. The van der Waals surface area contributed by atoms with Crippen LogP contribution >= 0.6 is 23.2 Å². The maximum Gasteiger partial charge on any atom is 0.312 e. The molecule has 2 aromatic carbocycles. The first-order valence-corrected chi connectivity index (χ1v) is 8.44. The molecule has 0 unspecified atom stereocenters. The Labute approximate surface area is 160 Å². The maximum atomic E-state index is 11.5. The number of carbonyl (C=O) groups is 2. The summed E-state index contributed by atoms with van der Waals surface area (Å²) in [5.41, 5.74) is 0.972. The fourth-order valence-electron chi connectivity index (χ4n) is 2.25. The molecular formula is C18H17Cl2NO5. The minimum atomic E-state index is -1.24. The van der Waals surface area contributed by atoms with Gasteiger partial charge in [0, 0.05) is 11.3 Å². The average Bonchev–Trinajstić information content (AvgIpc) is 2.51. The molecule has 0 heterocycles. The lowest BCUT2D eigenvalue weighted by atomic mass is 10.0. The third-order valence-electron chi connectivity index (χ3n) is 3.43. The Morgan fingerprint density at radius 2 is 1.77 bits per heavy atom. The summed E-state index contributed by atoms with van der Waals surface area (Å²) in [4.78, 5) is 22.1. The first-order valence-electron chi connectivity index (χ1n) is 7.68. The molecule has 0 aliphatic carbocycles. The molecule has 1 amide bonds. The van der Waals surface area contributed by atoms with E-state index in [0.717, 1.165) is 0 Å². The van der Waals surface area contributed by atoms with E-state index in [4.69, 9.17) is 33.0 Å². The largest absolute Gasteiger partial charge is 0.508 e. The molecule has 0 saturated carbocycles. The summed E-state index contributed by atoms with van der Waals surface area (Å²) in [6.45, 7) is 3.88. The number of phenolic OH excluding ortho intramolecular Hbond substituents is 1. The van der Waals surface area contributed by atoms with E-state index >= 15 is 0 Å². The number of ether oxygens (including phenoxy) is 1. The third-order valence-corrected chi connectivity index (χ3v) is 4.00. The van der Waals surface area contributed by atoms with Crippen molar-refractivity contribution in [2.75, 3.05) is 5.32 Å². The summed E-state index contributed by atoms with van der Waals surface area (Å²) in [6, 6.07) is 7.61. The molecule has 2 rings (SSSR count). The Bertz CT molecular complexity index is 828. The van der Waals surface area contributed by atoms with E-state index < -0.39 is 18.3 Å². The van der Waals surface area contributed by atoms with E-state index in [2.05, 4.69) is 5.32 Å². The van der Waals surface area contributed by atoms with Gasteiger partial charge in [-0.3, -0.25) is 9.59 Å². The molecule has 0 aromatic heterocycles. The number of phenols is 1. The summed E-state index contributed by atoms with van der Waals surface area (Å²) in [7, 11) is 0. The number of carbonyl (C=O) groups excluding carboxylic acids is 1. The first kappa shape index (κ1) is 19.9. The summed E-state index contributed by atoms with van der Waals surface area (Å²) >= 11 is 12.4. The molecule has 0 bridgehead atoms. The van der Waals surface area contributed by atoms with Gasteiger partial charge < -0.3 is 20.3 Å². The zero-order valence-electron chi connectivity index (χ0n) is 14.0. The number of carboxylic acid groups (broad SMARTS) is 1. The standard InChI is InChI=1S/C18H17Cl2NO5/c1-9(2)12-7-11(3-4-15(12)22)26-18-13(19)5-10(6-14(18)20)21-16(23)8-17(24)25/h3-7,9,22H,8H2,1-2H3,(H,21,23)(H,24,25). The van der Waals surface area contributed by atoms with Crippen LogP contribution in [0.2, 0.25) is 10.0 Å². The van der Waals surface area contributed by atoms with Crippen LogP contribution in [-0.2, 0) is 9.59 Å². The number of hydrogen-bond acceptors (Lipinski definition) is 4. The third kappa shape index (κ3) is 5.03. The molecule has 138 valence electrons. The van der Waals surface area contributed by atoms with Gasteiger partial charge >= 0.3 is 5.97 Å². The van der Waals surface area contributed by atoms with Crippen molar-refractivity contribution >= 4 is 40.8 Å². The second-order valence-electron chi connectivity index (χ2n) is 5.87. The Balaban J connectivity index is 2.25. The summed E-state index contributed by atoms with van der Waals surface area (Å²) in [6.07, 6.45) is -0.668. The van der Waals surface area contributed by atoms with Crippen LogP contribution in [0, 0.1) is 0 Å². The Kier molecular flexibility index (Phi) is 6.34. The van der Waals surface area contributed by atoms with Crippen LogP contribution in [0.25, 0.3) is 0 Å². The van der Waals surface area contributed by atoms with E-state index in [9.17, 15) is 14.7 Å². The molecule has 0 radical (unpaired) electrons. The number of benzene rings is 2. The number of aliphatic carboxylic acids is 1. The van der Waals surface area contributed by atoms with Gasteiger partial charge in [0.1, 0.15) is 17.9 Å². The van der Waals surface area contributed by atoms with Crippen LogP contribution in [-0.4, -0.2) is 22.1 Å². The highest BCUT2D eigenvalue weighted by atomic mass is 35.5. The number of carboxylic acids is 1. The SMILES string of the molecule is CC(C)c1cc(Oc2c(Cl)cc(NC(=O)CC(=O)O)cc2Cl)ccc1O. The molecule has 0 spiro atoms. The molecule has 0 aliphatic rings. The first-order chi connectivity index (χ1) is 12.2. The normalized spacial score (nSPS) is 10.7. The average molecular weight is 398 g/mol. The molecule has 0 aliphatic heterocycles. The Hall–Kier alpha value is -2.44. The van der Waals surface area contributed by atoms with Crippen molar-refractivity contribution < 1.29 is 24.5 Å². The molecule has 0 atom stereocenters. The highest BCUT2D eigenvalue weighted by Crippen LogP contribution is 2.40. The number of amides is 1. The molecule has 0 saturated heterocycles. The van der Waals surface area contributed by atoms with Gasteiger partial charge in [-0.2, -0.15) is 0 Å². The Morgan fingerprint density at radius 3 is 2.31 bits per heavy atom. The molecular weight excluding hydrogens is 381 g/mol. The fraction of sp³-hybridized carbons (Fsp3) is 0.222. The van der Waals surface area contributed by atoms with Crippen molar-refractivity contribution in [3.8, 4) is 17.2 Å². The predicted molar refractivity (Wildman–Crippen MR) is 99.6 cm³/mol. The van der Waals surface area contributed by atoms with Crippen molar-refractivity contribution in [1.82, 2.24) is 0 Å². The van der Waals surface area contributed by atoms with Gasteiger partial charge in [-0.1, -0.05) is 37.0 Å². The molecule has 8 heteroatoms. The monoisotopic (exact) mass is 397 g/mol. The zero-order chi connectivity index (χ0) is 19.4. The topological polar surface area (TPSA) is 95.9 Å². The predicted octanol–water partition coefficient (Wildman–Crippen LogP) is 5.03. The van der Waals surface area contributed by atoms with Gasteiger partial charge in [0.2, 0.25) is 5.91 Å². The number of hydrogen-bond donors (Lipinski definition) is 3. The van der Waals surface area contributed by atoms with Crippen LogP contribution in [0.4, 0.5) is 5.69 Å². The van der Waals surface area contributed by atoms with Crippen LogP contribution in [0.15, 0.2) is 30.3 Å². The van der Waals surface area contributed by atoms with Crippen molar-refractivity contribution in [3.63, 3.8) is 0 Å². The van der Waals surface area contributed by atoms with Crippen LogP contribution in [0.1, 0.15) is 31.7 Å². The highest BCUT2D eigenvalue weighted by Gasteiger charge is 2.15. The van der Waals surface area contributed by atoms with Gasteiger partial charge in [0.05, 0.1) is 10.0 Å². The lowest BCUT2D eigenvalue weighted by Crippen LogP contribution is -2.15. The van der Waals surface area contributed by atoms with E-state index in [-0.39, 0.29) is 33.1 Å². The Morgan fingerprint density at radius 1 is 1.15 bits per heavy atom. The number of rotatable bonds is 6. The quantitative estimate of drug-likeness (QED) is 0.594. The highest BCUT2D eigenvalue weighted by molar-refractivity contribution is 6.37. The zero-order valence-corrected chi connectivity index (χ0v) is 15.6. The second kappa shape index (κ2) is 8.29. The van der Waals surface area contributed by atoms with Crippen molar-refractivity contribution in [2.45, 2.75) is 26.2 Å². The van der Waals surface area contributed by atoms with Gasteiger partial charge in [-0.15, -0.1) is 0 Å². The number of aromatic hydroxyl groups is 1. The van der Waals surface area contributed by atoms with Gasteiger partial charge in [0.15, 0.2) is 5.75 Å². The summed E-state index contributed by atoms with van der Waals surface area (Å²) in [5, 5.41) is 21.2. The lowest BCUT2D eigenvalue weighted by molar-refractivity contribution is -0.139. The minimum Gasteiger partial charge on any atom is -0.508 e. The maximum absolute atomic E-state index is 11.5. The second-order valence-corrected chi connectivity index (χ2v) is 6.68. The molecule has 26 heavy (non-hydrogen) atoms. The number of anilines is 1. The van der Waals surface area contributed by atoms with Crippen LogP contribution in [0.5, 0.6) is 17.2 Å². The lowest BCUT2D eigenvalue weighted by Gasteiger charge is -2.14. The molecule has 0 fully saturated rings. The van der Waals surface area contributed by atoms with Crippen molar-refractivity contribution in [2.24, 2.45) is 0 Å². The van der Waals surface area contributed by atoms with Gasteiger partial charge in [0.25, 0.3) is 0 Å². The van der Waals surface area contributed by atoms with Crippen molar-refractivity contribution in [1.29, 1.82) is 0 Å². The van der Waals surface area contributed by atoms with Crippen LogP contribution < -0.4 is 10.1 Å². The summed E-state index contributed by atoms with van der Waals surface area (Å²) in [5.74, 6) is -1.05. The van der Waals surface area contributed by atoms with Gasteiger partial charge in [-0.25, -0.2) is 0 Å². The minimum absolute atomic E-state index is 0.0938. The van der Waals surface area contributed by atoms with E-state index in [0.29, 0.717) is 11.3 Å². The number of nitrogens with one attached hydrogen (secondary N) is 1. The molecule has 3 N–H and O–H groups in total. The van der Waals surface area contributed by atoms with E-state index in [1.807, 2.05) is 13.8 Å². The van der Waals surface area contributed by atoms with E-state index in [1.54, 1.807) is 12.1 Å². The fourth-order valence-corrected chi connectivity index (χ4v) is 2.81. The van der Waals surface area contributed by atoms with Gasteiger partial charge in [-0.05, 0) is 36.2 Å². The smallest absolute Gasteiger partial charge is 0.312 e. The molecule has 6 nitrogen and oxygen atoms in total.